The lowest BCUT2D eigenvalue weighted by Gasteiger charge is -1.99. The molecule has 3 rings (SSSR count). The zero-order valence-electron chi connectivity index (χ0n) is 8.92. The number of nitrogen functional groups attached to an aromatic ring is 1. The lowest BCUT2D eigenvalue weighted by atomic mass is 10.2. The second-order valence-electron chi connectivity index (χ2n) is 3.76. The van der Waals surface area contributed by atoms with Gasteiger partial charge in [-0.25, -0.2) is 4.98 Å². The minimum atomic E-state index is 0.0601. The Kier molecular flexibility index (Phi) is 2.01. The fraction of sp³-hybridized carbons (Fsp3) is 0. The Morgan fingerprint density at radius 2 is 1.94 bits per heavy atom. The minimum absolute atomic E-state index is 0.0601. The van der Waals surface area contributed by atoms with E-state index in [2.05, 4.69) is 4.98 Å². The normalized spacial score (nSPS) is 10.8. The fourth-order valence-electron chi connectivity index (χ4n) is 1.68. The maximum Gasteiger partial charge on any atom is 0.227 e. The third-order valence-corrected chi connectivity index (χ3v) is 2.57. The van der Waals surface area contributed by atoms with Crippen molar-refractivity contribution >= 4 is 16.8 Å². The molecule has 4 nitrogen and oxygen atoms in total. The molecule has 0 saturated carbocycles. The van der Waals surface area contributed by atoms with Crippen molar-refractivity contribution in [2.45, 2.75) is 0 Å². The van der Waals surface area contributed by atoms with Gasteiger partial charge in [0.1, 0.15) is 11.3 Å². The smallest absolute Gasteiger partial charge is 0.227 e. The number of phenols is 1. The van der Waals surface area contributed by atoms with E-state index >= 15 is 0 Å². The Bertz CT molecular complexity index is 656. The molecule has 0 radical (unpaired) electrons. The Labute approximate surface area is 97.3 Å². The van der Waals surface area contributed by atoms with E-state index in [4.69, 9.17) is 10.2 Å². The summed E-state index contributed by atoms with van der Waals surface area (Å²) < 4.78 is 5.60. The number of nitrogens with two attached hydrogens (primary N) is 1. The van der Waals surface area contributed by atoms with Gasteiger partial charge in [-0.15, -0.1) is 0 Å². The van der Waals surface area contributed by atoms with Gasteiger partial charge in [0, 0.05) is 5.56 Å². The number of aromatic nitrogens is 1. The van der Waals surface area contributed by atoms with Crippen molar-refractivity contribution in [2.75, 3.05) is 5.73 Å². The number of nitrogens with zero attached hydrogens (tertiary/aromatic N) is 1. The molecule has 0 unspecified atom stereocenters. The van der Waals surface area contributed by atoms with Crippen molar-refractivity contribution in [3.05, 3.63) is 42.5 Å². The molecule has 3 aromatic rings. The van der Waals surface area contributed by atoms with Gasteiger partial charge < -0.3 is 15.3 Å². The molecule has 0 saturated heterocycles. The van der Waals surface area contributed by atoms with Gasteiger partial charge in [0.25, 0.3) is 0 Å². The molecule has 3 N–H and O–H groups in total. The van der Waals surface area contributed by atoms with Crippen molar-refractivity contribution in [3.8, 4) is 17.2 Å². The second kappa shape index (κ2) is 3.52. The van der Waals surface area contributed by atoms with Gasteiger partial charge in [0.2, 0.25) is 5.89 Å². The van der Waals surface area contributed by atoms with Crippen LogP contribution in [0.1, 0.15) is 0 Å². The first kappa shape index (κ1) is 9.72. The first-order valence-electron chi connectivity index (χ1n) is 5.18. The number of phenolic OH excluding ortho intramolecular Hbond substituents is 1. The summed E-state index contributed by atoms with van der Waals surface area (Å²) >= 11 is 0. The SMILES string of the molecule is Nc1cc(-c2nc3ccccc3o2)ccc1O. The molecule has 2 aromatic carbocycles. The maximum absolute atomic E-state index is 9.35. The van der Waals surface area contributed by atoms with Crippen LogP contribution in [0.4, 0.5) is 5.69 Å². The van der Waals surface area contributed by atoms with Gasteiger partial charge in [-0.05, 0) is 30.3 Å². The van der Waals surface area contributed by atoms with Gasteiger partial charge in [0.15, 0.2) is 5.58 Å². The summed E-state index contributed by atoms with van der Waals surface area (Å²) in [6.45, 7) is 0. The van der Waals surface area contributed by atoms with Crippen LogP contribution in [0.3, 0.4) is 0 Å². The third-order valence-electron chi connectivity index (χ3n) is 2.57. The van der Waals surface area contributed by atoms with E-state index in [1.165, 1.54) is 6.07 Å². The minimum Gasteiger partial charge on any atom is -0.506 e. The van der Waals surface area contributed by atoms with Crippen molar-refractivity contribution in [1.29, 1.82) is 0 Å². The molecule has 0 aliphatic carbocycles. The number of benzene rings is 2. The summed E-state index contributed by atoms with van der Waals surface area (Å²) in [6.07, 6.45) is 0. The van der Waals surface area contributed by atoms with Crippen LogP contribution in [-0.2, 0) is 0 Å². The van der Waals surface area contributed by atoms with E-state index in [9.17, 15) is 5.11 Å². The van der Waals surface area contributed by atoms with Crippen LogP contribution in [0.15, 0.2) is 46.9 Å². The van der Waals surface area contributed by atoms with Gasteiger partial charge in [-0.1, -0.05) is 12.1 Å². The highest BCUT2D eigenvalue weighted by molar-refractivity contribution is 5.77. The highest BCUT2D eigenvalue weighted by atomic mass is 16.3. The van der Waals surface area contributed by atoms with E-state index in [1.54, 1.807) is 12.1 Å². The van der Waals surface area contributed by atoms with Crippen molar-refractivity contribution in [1.82, 2.24) is 4.98 Å². The lowest BCUT2D eigenvalue weighted by molar-refractivity contribution is 0.478. The third kappa shape index (κ3) is 1.59. The number of hydrogen-bond donors (Lipinski definition) is 2. The van der Waals surface area contributed by atoms with E-state index < -0.39 is 0 Å². The largest absolute Gasteiger partial charge is 0.506 e. The zero-order chi connectivity index (χ0) is 11.8. The van der Waals surface area contributed by atoms with E-state index in [1.807, 2.05) is 24.3 Å². The molecule has 0 aliphatic heterocycles. The summed E-state index contributed by atoms with van der Waals surface area (Å²) in [4.78, 5) is 4.35. The van der Waals surface area contributed by atoms with Crippen molar-refractivity contribution < 1.29 is 9.52 Å². The van der Waals surface area contributed by atoms with E-state index in [0.717, 1.165) is 16.7 Å². The van der Waals surface area contributed by atoms with Crippen molar-refractivity contribution in [2.24, 2.45) is 0 Å². The molecule has 0 aliphatic rings. The van der Waals surface area contributed by atoms with Crippen LogP contribution in [0.25, 0.3) is 22.6 Å². The summed E-state index contributed by atoms with van der Waals surface area (Å²) in [5.41, 5.74) is 8.22. The molecule has 0 bridgehead atoms. The van der Waals surface area contributed by atoms with Crippen LogP contribution in [0.2, 0.25) is 0 Å². The monoisotopic (exact) mass is 226 g/mol. The standard InChI is InChI=1S/C13H10N2O2/c14-9-7-8(5-6-11(9)16)13-15-10-3-1-2-4-12(10)17-13/h1-7,16H,14H2. The molecule has 17 heavy (non-hydrogen) atoms. The van der Waals surface area contributed by atoms with Crippen LogP contribution in [0.5, 0.6) is 5.75 Å². The van der Waals surface area contributed by atoms with Crippen LogP contribution in [0, 0.1) is 0 Å². The number of anilines is 1. The van der Waals surface area contributed by atoms with Gasteiger partial charge in [0.05, 0.1) is 5.69 Å². The number of hydrogen-bond acceptors (Lipinski definition) is 4. The average Bonchev–Trinajstić information content (AvgIpc) is 2.76. The van der Waals surface area contributed by atoms with E-state index in [0.29, 0.717) is 11.6 Å². The topological polar surface area (TPSA) is 72.3 Å². The van der Waals surface area contributed by atoms with Crippen LogP contribution in [-0.4, -0.2) is 10.1 Å². The first-order valence-corrected chi connectivity index (χ1v) is 5.18. The second-order valence-corrected chi connectivity index (χ2v) is 3.76. The van der Waals surface area contributed by atoms with Crippen LogP contribution < -0.4 is 5.73 Å². The fourth-order valence-corrected chi connectivity index (χ4v) is 1.68. The molecule has 1 heterocycles. The molecule has 1 aromatic heterocycles. The Morgan fingerprint density at radius 1 is 1.12 bits per heavy atom. The number of oxazole rings is 1. The summed E-state index contributed by atoms with van der Waals surface area (Å²) in [5, 5.41) is 9.35. The molecule has 0 atom stereocenters. The quantitative estimate of drug-likeness (QED) is 0.494. The Balaban J connectivity index is 2.17. The van der Waals surface area contributed by atoms with Gasteiger partial charge in [-0.2, -0.15) is 0 Å². The Morgan fingerprint density at radius 3 is 2.71 bits per heavy atom. The molecule has 4 heteroatoms. The summed E-state index contributed by atoms with van der Waals surface area (Å²) in [5.74, 6) is 0.558. The van der Waals surface area contributed by atoms with Crippen molar-refractivity contribution in [3.63, 3.8) is 0 Å². The lowest BCUT2D eigenvalue weighted by Crippen LogP contribution is -1.86. The number of fused-ring (bicyclic) bond motifs is 1. The molecule has 84 valence electrons. The van der Waals surface area contributed by atoms with Gasteiger partial charge in [-0.3, -0.25) is 0 Å². The molecule has 0 spiro atoms. The van der Waals surface area contributed by atoms with Crippen LogP contribution >= 0.6 is 0 Å². The first-order chi connectivity index (χ1) is 8.24. The zero-order valence-corrected chi connectivity index (χ0v) is 8.92. The Hall–Kier alpha value is -2.49. The highest BCUT2D eigenvalue weighted by Gasteiger charge is 2.08. The number of para-hydroxylation sites is 2. The summed E-state index contributed by atoms with van der Waals surface area (Å²) in [6, 6.07) is 12.4. The number of aromatic hydroxyl groups is 1. The molecular weight excluding hydrogens is 216 g/mol. The maximum atomic E-state index is 9.35. The predicted octanol–water partition coefficient (Wildman–Crippen LogP) is 2.78. The average molecular weight is 226 g/mol. The molecule has 0 amide bonds. The molecule has 0 fully saturated rings. The van der Waals surface area contributed by atoms with E-state index in [-0.39, 0.29) is 5.75 Å². The summed E-state index contributed by atoms with van der Waals surface area (Å²) in [7, 11) is 0. The highest BCUT2D eigenvalue weighted by Crippen LogP contribution is 2.29. The predicted molar refractivity (Wildman–Crippen MR) is 65.5 cm³/mol. The molecular formula is C13H10N2O2. The number of rotatable bonds is 1. The van der Waals surface area contributed by atoms with Gasteiger partial charge >= 0.3 is 0 Å².